The fourth-order valence-corrected chi connectivity index (χ4v) is 2.25. The van der Waals surface area contributed by atoms with Crippen LogP contribution in [0.3, 0.4) is 0 Å². The first-order valence-corrected chi connectivity index (χ1v) is 8.64. The normalized spacial score (nSPS) is 17.7. The van der Waals surface area contributed by atoms with Gasteiger partial charge in [0.25, 0.3) is 0 Å². The van der Waals surface area contributed by atoms with Crippen molar-refractivity contribution in [2.75, 3.05) is 6.61 Å². The highest BCUT2D eigenvalue weighted by molar-refractivity contribution is 6.74. The van der Waals surface area contributed by atoms with Gasteiger partial charge in [0, 0.05) is 0 Å². The molecule has 0 saturated carbocycles. The molecular formula is C13H24OSi. The monoisotopic (exact) mass is 224 g/mol. The van der Waals surface area contributed by atoms with Crippen LogP contribution in [0.2, 0.25) is 18.1 Å². The van der Waals surface area contributed by atoms with Gasteiger partial charge < -0.3 is 4.43 Å². The lowest BCUT2D eigenvalue weighted by molar-refractivity contribution is 0.321. The van der Waals surface area contributed by atoms with Crippen molar-refractivity contribution in [1.82, 2.24) is 0 Å². The molecule has 1 aliphatic rings. The third-order valence-corrected chi connectivity index (χ3v) is 8.16. The molecule has 0 saturated heterocycles. The minimum atomic E-state index is -1.57. The molecule has 1 rings (SSSR count). The summed E-state index contributed by atoms with van der Waals surface area (Å²) in [5, 5.41) is 0.309. The van der Waals surface area contributed by atoms with Crippen LogP contribution in [0.25, 0.3) is 0 Å². The van der Waals surface area contributed by atoms with Gasteiger partial charge in [0.1, 0.15) is 0 Å². The van der Waals surface area contributed by atoms with Crippen molar-refractivity contribution in [3.63, 3.8) is 0 Å². The maximum Gasteiger partial charge on any atom is 0.192 e. The fraction of sp³-hybridized carbons (Fsp3) is 0.692. The van der Waals surface area contributed by atoms with Gasteiger partial charge in [0.15, 0.2) is 8.32 Å². The van der Waals surface area contributed by atoms with Gasteiger partial charge in [-0.2, -0.15) is 0 Å². The third-order valence-electron chi connectivity index (χ3n) is 3.69. The Morgan fingerprint density at radius 1 is 1.33 bits per heavy atom. The van der Waals surface area contributed by atoms with Crippen molar-refractivity contribution in [1.29, 1.82) is 0 Å². The first kappa shape index (κ1) is 12.7. The average molecular weight is 224 g/mol. The second-order valence-corrected chi connectivity index (χ2v) is 10.8. The van der Waals surface area contributed by atoms with Crippen LogP contribution in [0.1, 0.15) is 34.1 Å². The molecule has 0 aliphatic heterocycles. The predicted molar refractivity (Wildman–Crippen MR) is 69.6 cm³/mol. The topological polar surface area (TPSA) is 9.23 Å². The number of hydrogen-bond acceptors (Lipinski definition) is 1. The molecule has 2 heteroatoms. The Kier molecular flexibility index (Phi) is 3.62. The predicted octanol–water partition coefficient (Wildman–Crippen LogP) is 4.28. The Bertz CT molecular complexity index is 292. The second kappa shape index (κ2) is 4.26. The Labute approximate surface area is 95.4 Å². The summed E-state index contributed by atoms with van der Waals surface area (Å²) in [5.41, 5.74) is 2.86. The Balaban J connectivity index is 2.57. The van der Waals surface area contributed by atoms with E-state index in [0.717, 1.165) is 13.0 Å². The van der Waals surface area contributed by atoms with E-state index in [1.165, 1.54) is 11.1 Å². The molecule has 0 spiro atoms. The van der Waals surface area contributed by atoms with E-state index in [1.807, 2.05) is 0 Å². The smallest absolute Gasteiger partial charge is 0.192 e. The van der Waals surface area contributed by atoms with E-state index in [-0.39, 0.29) is 0 Å². The van der Waals surface area contributed by atoms with Gasteiger partial charge in [0.2, 0.25) is 0 Å². The fourth-order valence-electron chi connectivity index (χ4n) is 1.30. The van der Waals surface area contributed by atoms with Crippen LogP contribution < -0.4 is 0 Å². The molecule has 0 heterocycles. The molecule has 1 nitrogen and oxygen atoms in total. The summed E-state index contributed by atoms with van der Waals surface area (Å²) in [7, 11) is -1.57. The van der Waals surface area contributed by atoms with Gasteiger partial charge in [-0.25, -0.2) is 0 Å². The zero-order chi connectivity index (χ0) is 11.7. The lowest BCUT2D eigenvalue weighted by Gasteiger charge is -2.36. The molecule has 1 aliphatic carbocycles. The largest absolute Gasteiger partial charge is 0.413 e. The van der Waals surface area contributed by atoms with Crippen LogP contribution in [0.4, 0.5) is 0 Å². The SMILES string of the molecule is CC1=C(CO[Si](C)(C)C(C)(C)C)C=CC1. The van der Waals surface area contributed by atoms with Crippen LogP contribution >= 0.6 is 0 Å². The molecule has 0 aromatic heterocycles. The molecule has 0 atom stereocenters. The molecule has 86 valence electrons. The number of rotatable bonds is 3. The first-order chi connectivity index (χ1) is 6.74. The molecule has 0 aromatic carbocycles. The highest BCUT2D eigenvalue weighted by Crippen LogP contribution is 2.37. The molecule has 0 aromatic rings. The van der Waals surface area contributed by atoms with E-state index in [4.69, 9.17) is 4.43 Å². The number of allylic oxidation sites excluding steroid dienone is 2. The van der Waals surface area contributed by atoms with Gasteiger partial charge in [-0.05, 0) is 37.0 Å². The van der Waals surface area contributed by atoms with Crippen molar-refractivity contribution in [2.24, 2.45) is 0 Å². The average Bonchev–Trinajstić information content (AvgIpc) is 2.46. The lowest BCUT2D eigenvalue weighted by Crippen LogP contribution is -2.41. The van der Waals surface area contributed by atoms with E-state index >= 15 is 0 Å². The van der Waals surface area contributed by atoms with Crippen molar-refractivity contribution >= 4 is 8.32 Å². The minimum absolute atomic E-state index is 0.309. The highest BCUT2D eigenvalue weighted by Gasteiger charge is 2.37. The summed E-state index contributed by atoms with van der Waals surface area (Å²) in [4.78, 5) is 0. The molecule has 15 heavy (non-hydrogen) atoms. The summed E-state index contributed by atoms with van der Waals surface area (Å²) < 4.78 is 6.18. The molecular weight excluding hydrogens is 200 g/mol. The molecule has 0 fully saturated rings. The Hall–Kier alpha value is -0.343. The van der Waals surface area contributed by atoms with E-state index in [2.05, 4.69) is 52.9 Å². The standard InChI is InChI=1S/C13H24OSi/c1-11-8-7-9-12(11)10-14-15(5,6)13(2,3)4/h7,9H,8,10H2,1-6H3. The highest BCUT2D eigenvalue weighted by atomic mass is 28.4. The number of hydrogen-bond donors (Lipinski definition) is 0. The van der Waals surface area contributed by atoms with E-state index in [0.29, 0.717) is 5.04 Å². The van der Waals surface area contributed by atoms with E-state index in [1.54, 1.807) is 0 Å². The van der Waals surface area contributed by atoms with Crippen molar-refractivity contribution < 1.29 is 4.43 Å². The quantitative estimate of drug-likeness (QED) is 0.650. The molecule has 0 radical (unpaired) electrons. The minimum Gasteiger partial charge on any atom is -0.413 e. The van der Waals surface area contributed by atoms with Crippen molar-refractivity contribution in [3.05, 3.63) is 23.3 Å². The van der Waals surface area contributed by atoms with Gasteiger partial charge in [-0.3, -0.25) is 0 Å². The molecule has 0 amide bonds. The van der Waals surface area contributed by atoms with Gasteiger partial charge >= 0.3 is 0 Å². The van der Waals surface area contributed by atoms with Crippen LogP contribution in [-0.2, 0) is 4.43 Å². The zero-order valence-corrected chi connectivity index (χ0v) is 12.0. The molecule has 0 N–H and O–H groups in total. The van der Waals surface area contributed by atoms with Crippen molar-refractivity contribution in [3.8, 4) is 0 Å². The zero-order valence-electron chi connectivity index (χ0n) is 11.0. The summed E-state index contributed by atoms with van der Waals surface area (Å²) >= 11 is 0. The second-order valence-electron chi connectivity index (χ2n) is 5.96. The van der Waals surface area contributed by atoms with Gasteiger partial charge in [-0.15, -0.1) is 0 Å². The third kappa shape index (κ3) is 3.05. The van der Waals surface area contributed by atoms with E-state index in [9.17, 15) is 0 Å². The van der Waals surface area contributed by atoms with Crippen LogP contribution in [-0.4, -0.2) is 14.9 Å². The van der Waals surface area contributed by atoms with Crippen LogP contribution in [0.15, 0.2) is 23.3 Å². The van der Waals surface area contributed by atoms with Crippen molar-refractivity contribution in [2.45, 2.75) is 52.2 Å². The summed E-state index contributed by atoms with van der Waals surface area (Å²) in [6, 6.07) is 0. The maximum atomic E-state index is 6.18. The Morgan fingerprint density at radius 3 is 2.33 bits per heavy atom. The molecule has 0 bridgehead atoms. The van der Waals surface area contributed by atoms with Crippen LogP contribution in [0, 0.1) is 0 Å². The van der Waals surface area contributed by atoms with Gasteiger partial charge in [-0.1, -0.05) is 38.5 Å². The maximum absolute atomic E-state index is 6.18. The van der Waals surface area contributed by atoms with E-state index < -0.39 is 8.32 Å². The van der Waals surface area contributed by atoms with Gasteiger partial charge in [0.05, 0.1) is 6.61 Å². The summed E-state index contributed by atoms with van der Waals surface area (Å²) in [6.07, 6.45) is 5.54. The summed E-state index contributed by atoms with van der Waals surface area (Å²) in [6.45, 7) is 14.5. The summed E-state index contributed by atoms with van der Waals surface area (Å²) in [5.74, 6) is 0. The first-order valence-electron chi connectivity index (χ1n) is 5.73. The van der Waals surface area contributed by atoms with Crippen LogP contribution in [0.5, 0.6) is 0 Å². The Morgan fingerprint density at radius 2 is 1.93 bits per heavy atom. The molecule has 0 unspecified atom stereocenters. The lowest BCUT2D eigenvalue weighted by atomic mass is 10.2.